The number of hydrogen-bond acceptors (Lipinski definition) is 5. The van der Waals surface area contributed by atoms with Gasteiger partial charge in [0.05, 0.1) is 17.4 Å². The number of carboxylic acids is 1. The number of pyridine rings is 2. The third-order valence-corrected chi connectivity index (χ3v) is 4.19. The van der Waals surface area contributed by atoms with Crippen molar-refractivity contribution in [3.8, 4) is 5.88 Å². The van der Waals surface area contributed by atoms with Crippen LogP contribution in [0.3, 0.4) is 0 Å². The van der Waals surface area contributed by atoms with E-state index in [0.717, 1.165) is 5.56 Å². The highest BCUT2D eigenvalue weighted by molar-refractivity contribution is 6.01. The van der Waals surface area contributed by atoms with E-state index in [1.807, 2.05) is 6.92 Å². The number of aromatic nitrogens is 4. The fraction of sp³-hybridized carbons (Fsp3) is 0.333. The van der Waals surface area contributed by atoms with Crippen LogP contribution in [0.1, 0.15) is 34.2 Å². The van der Waals surface area contributed by atoms with E-state index in [2.05, 4.69) is 19.8 Å². The van der Waals surface area contributed by atoms with Gasteiger partial charge in [-0.05, 0) is 30.5 Å². The van der Waals surface area contributed by atoms with Crippen LogP contribution in [0.15, 0.2) is 24.5 Å². The third-order valence-electron chi connectivity index (χ3n) is 4.19. The number of halogens is 3. The van der Waals surface area contributed by atoms with Crippen molar-refractivity contribution in [2.24, 2.45) is 0 Å². The SMILES string of the molecule is CCc1c2c(C(=O)O)nccc2nn1Cc1cnc(OCC(F)(F)F)cc1C. The van der Waals surface area contributed by atoms with Crippen LogP contribution in [0.2, 0.25) is 0 Å². The van der Waals surface area contributed by atoms with Crippen molar-refractivity contribution >= 4 is 16.9 Å². The molecule has 0 unspecified atom stereocenters. The molecule has 0 radical (unpaired) electrons. The van der Waals surface area contributed by atoms with Crippen LogP contribution < -0.4 is 4.74 Å². The molecule has 0 fully saturated rings. The lowest BCUT2D eigenvalue weighted by molar-refractivity contribution is -0.154. The van der Waals surface area contributed by atoms with Gasteiger partial charge in [0.25, 0.3) is 0 Å². The van der Waals surface area contributed by atoms with Crippen molar-refractivity contribution in [1.29, 1.82) is 0 Å². The Morgan fingerprint density at radius 3 is 2.68 bits per heavy atom. The lowest BCUT2D eigenvalue weighted by Gasteiger charge is -2.12. The van der Waals surface area contributed by atoms with E-state index in [9.17, 15) is 23.1 Å². The normalized spacial score (nSPS) is 11.8. The average Bonchev–Trinajstić information content (AvgIpc) is 2.98. The first kappa shape index (κ1) is 19.6. The fourth-order valence-corrected chi connectivity index (χ4v) is 2.91. The Hall–Kier alpha value is -3.17. The molecule has 0 amide bonds. The van der Waals surface area contributed by atoms with Gasteiger partial charge < -0.3 is 9.84 Å². The molecule has 3 aromatic rings. The van der Waals surface area contributed by atoms with Gasteiger partial charge in [-0.3, -0.25) is 4.68 Å². The molecule has 3 heterocycles. The van der Waals surface area contributed by atoms with Crippen molar-refractivity contribution in [2.75, 3.05) is 6.61 Å². The molecule has 28 heavy (non-hydrogen) atoms. The summed E-state index contributed by atoms with van der Waals surface area (Å²) >= 11 is 0. The standard InChI is InChI=1S/C18H17F3N4O3/c1-3-13-15-12(4-5-22-16(15)17(26)27)24-25(13)8-11-7-23-14(6-10(11)2)28-9-18(19,20)21/h4-7H,3,8-9H2,1-2H3,(H,26,27). The summed E-state index contributed by atoms with van der Waals surface area (Å²) in [6.45, 7) is 2.49. The zero-order chi connectivity index (χ0) is 20.5. The van der Waals surface area contributed by atoms with Crippen molar-refractivity contribution in [1.82, 2.24) is 19.7 Å². The molecule has 3 rings (SSSR count). The maximum Gasteiger partial charge on any atom is 0.422 e. The highest BCUT2D eigenvalue weighted by Gasteiger charge is 2.28. The third kappa shape index (κ3) is 4.05. The maximum atomic E-state index is 12.3. The van der Waals surface area contributed by atoms with Crippen LogP contribution >= 0.6 is 0 Å². The summed E-state index contributed by atoms with van der Waals surface area (Å²) in [5, 5.41) is 14.3. The molecule has 0 spiro atoms. The summed E-state index contributed by atoms with van der Waals surface area (Å²) in [6, 6.07) is 3.07. The van der Waals surface area contributed by atoms with Gasteiger partial charge in [-0.15, -0.1) is 0 Å². The Bertz CT molecular complexity index is 1030. The highest BCUT2D eigenvalue weighted by atomic mass is 19.4. The lowest BCUT2D eigenvalue weighted by Crippen LogP contribution is -2.19. The summed E-state index contributed by atoms with van der Waals surface area (Å²) in [4.78, 5) is 19.3. The van der Waals surface area contributed by atoms with Crippen LogP contribution in [-0.4, -0.2) is 43.6 Å². The molecular weight excluding hydrogens is 377 g/mol. The van der Waals surface area contributed by atoms with Gasteiger partial charge in [0.15, 0.2) is 12.3 Å². The Morgan fingerprint density at radius 1 is 1.32 bits per heavy atom. The minimum absolute atomic E-state index is 0.0636. The van der Waals surface area contributed by atoms with E-state index in [4.69, 9.17) is 0 Å². The first-order valence-electron chi connectivity index (χ1n) is 8.42. The van der Waals surface area contributed by atoms with E-state index in [0.29, 0.717) is 28.6 Å². The Balaban J connectivity index is 1.92. The summed E-state index contributed by atoms with van der Waals surface area (Å²) in [6.07, 6.45) is -1.08. The molecule has 0 bridgehead atoms. The van der Waals surface area contributed by atoms with Crippen LogP contribution in [0.25, 0.3) is 10.9 Å². The second-order valence-electron chi connectivity index (χ2n) is 6.17. The predicted molar refractivity (Wildman–Crippen MR) is 93.5 cm³/mol. The average molecular weight is 394 g/mol. The number of carboxylic acid groups (broad SMARTS) is 1. The number of nitrogens with zero attached hydrogens (tertiary/aromatic N) is 4. The molecular formula is C18H17F3N4O3. The zero-order valence-electron chi connectivity index (χ0n) is 15.1. The van der Waals surface area contributed by atoms with E-state index in [1.54, 1.807) is 17.7 Å². The van der Waals surface area contributed by atoms with Gasteiger partial charge in [-0.2, -0.15) is 18.3 Å². The van der Waals surface area contributed by atoms with Crippen LogP contribution in [-0.2, 0) is 13.0 Å². The Morgan fingerprint density at radius 2 is 2.07 bits per heavy atom. The van der Waals surface area contributed by atoms with Gasteiger partial charge in [0.2, 0.25) is 5.88 Å². The van der Waals surface area contributed by atoms with Gasteiger partial charge in [-0.1, -0.05) is 6.92 Å². The van der Waals surface area contributed by atoms with Crippen LogP contribution in [0.4, 0.5) is 13.2 Å². The molecule has 0 aromatic carbocycles. The molecule has 0 aliphatic heterocycles. The minimum atomic E-state index is -4.44. The predicted octanol–water partition coefficient (Wildman–Crippen LogP) is 3.38. The molecule has 0 saturated heterocycles. The van der Waals surface area contributed by atoms with E-state index < -0.39 is 18.8 Å². The van der Waals surface area contributed by atoms with Crippen LogP contribution in [0.5, 0.6) is 5.88 Å². The van der Waals surface area contributed by atoms with Gasteiger partial charge >= 0.3 is 12.1 Å². The quantitative estimate of drug-likeness (QED) is 0.689. The number of aromatic carboxylic acids is 1. The number of rotatable bonds is 6. The monoisotopic (exact) mass is 394 g/mol. The van der Waals surface area contributed by atoms with Gasteiger partial charge in [-0.25, -0.2) is 14.8 Å². The Kier molecular flexibility index (Phi) is 5.21. The molecule has 1 N–H and O–H groups in total. The smallest absolute Gasteiger partial charge is 0.422 e. The Labute approximate surface area is 157 Å². The molecule has 3 aromatic heterocycles. The summed E-state index contributed by atoms with van der Waals surface area (Å²) in [5.41, 5.74) is 2.57. The van der Waals surface area contributed by atoms with Gasteiger partial charge in [0, 0.05) is 24.2 Å². The highest BCUT2D eigenvalue weighted by Crippen LogP contribution is 2.24. The number of alkyl halides is 3. The maximum absolute atomic E-state index is 12.3. The summed E-state index contributed by atoms with van der Waals surface area (Å²) in [5.74, 6) is -1.25. The molecule has 7 nitrogen and oxygen atoms in total. The number of ether oxygens (including phenoxy) is 1. The molecule has 148 valence electrons. The number of fused-ring (bicyclic) bond motifs is 1. The van der Waals surface area contributed by atoms with Crippen molar-refractivity contribution in [2.45, 2.75) is 33.0 Å². The van der Waals surface area contributed by atoms with E-state index in [-0.39, 0.29) is 18.1 Å². The van der Waals surface area contributed by atoms with E-state index in [1.165, 1.54) is 18.5 Å². The topological polar surface area (TPSA) is 90.1 Å². The van der Waals surface area contributed by atoms with Crippen molar-refractivity contribution in [3.05, 3.63) is 47.0 Å². The number of aryl methyl sites for hydroxylation is 2. The molecule has 0 aliphatic rings. The first-order chi connectivity index (χ1) is 13.2. The zero-order valence-corrected chi connectivity index (χ0v) is 15.1. The fourth-order valence-electron chi connectivity index (χ4n) is 2.91. The van der Waals surface area contributed by atoms with Crippen LogP contribution in [0, 0.1) is 6.92 Å². The molecule has 0 saturated carbocycles. The lowest BCUT2D eigenvalue weighted by atomic mass is 10.1. The molecule has 10 heteroatoms. The number of hydrogen-bond donors (Lipinski definition) is 1. The largest absolute Gasteiger partial charge is 0.476 e. The minimum Gasteiger partial charge on any atom is -0.476 e. The summed E-state index contributed by atoms with van der Waals surface area (Å²) in [7, 11) is 0. The van der Waals surface area contributed by atoms with Crippen molar-refractivity contribution in [3.63, 3.8) is 0 Å². The van der Waals surface area contributed by atoms with Gasteiger partial charge in [0.1, 0.15) is 0 Å². The molecule has 0 atom stereocenters. The molecule has 0 aliphatic carbocycles. The summed E-state index contributed by atoms with van der Waals surface area (Å²) < 4.78 is 43.1. The second kappa shape index (κ2) is 7.45. The van der Waals surface area contributed by atoms with Crippen molar-refractivity contribution < 1.29 is 27.8 Å². The number of carbonyl (C=O) groups is 1. The first-order valence-corrected chi connectivity index (χ1v) is 8.42. The second-order valence-corrected chi connectivity index (χ2v) is 6.17. The van der Waals surface area contributed by atoms with E-state index >= 15 is 0 Å².